The third-order valence-electron chi connectivity index (χ3n) is 6.33. The van der Waals surface area contributed by atoms with Crippen molar-refractivity contribution in [1.82, 2.24) is 9.80 Å². The van der Waals surface area contributed by atoms with Crippen LogP contribution in [0.25, 0.3) is 0 Å². The van der Waals surface area contributed by atoms with Gasteiger partial charge in [-0.3, -0.25) is 0 Å². The quantitative estimate of drug-likeness (QED) is 0.240. The van der Waals surface area contributed by atoms with Gasteiger partial charge in [-0.2, -0.15) is 0 Å². The van der Waals surface area contributed by atoms with E-state index in [1.807, 2.05) is 60.7 Å². The van der Waals surface area contributed by atoms with E-state index in [0.29, 0.717) is 39.3 Å². The fraction of sp³-hybridized carbons (Fsp3) is 0.533. The Kier molecular flexibility index (Phi) is 16.3. The van der Waals surface area contributed by atoms with Crippen molar-refractivity contribution in [3.05, 3.63) is 71.8 Å². The van der Waals surface area contributed by atoms with Gasteiger partial charge in [-0.05, 0) is 49.9 Å². The largest absolute Gasteiger partial charge is 0.445 e. The first kappa shape index (κ1) is 31.1. The first-order valence-corrected chi connectivity index (χ1v) is 14.0. The molecule has 0 aliphatic heterocycles. The Morgan fingerprint density at radius 2 is 0.895 bits per heavy atom. The van der Waals surface area contributed by atoms with E-state index in [2.05, 4.69) is 0 Å². The molecule has 210 valence electrons. The maximum Gasteiger partial charge on any atom is 0.410 e. The third kappa shape index (κ3) is 13.4. The van der Waals surface area contributed by atoms with Gasteiger partial charge >= 0.3 is 12.2 Å². The molecule has 38 heavy (non-hydrogen) atoms. The minimum Gasteiger partial charge on any atom is -0.445 e. The second-order valence-corrected chi connectivity index (χ2v) is 9.46. The van der Waals surface area contributed by atoms with Crippen molar-refractivity contribution in [1.29, 1.82) is 0 Å². The van der Waals surface area contributed by atoms with Crippen molar-refractivity contribution < 1.29 is 19.1 Å². The summed E-state index contributed by atoms with van der Waals surface area (Å²) in [7, 11) is 0. The maximum atomic E-state index is 13.0. The van der Waals surface area contributed by atoms with Gasteiger partial charge in [0.05, 0.1) is 0 Å². The molecule has 2 aromatic rings. The molecule has 4 N–H and O–H groups in total. The highest BCUT2D eigenvalue weighted by atomic mass is 16.6. The number of nitrogens with zero attached hydrogens (tertiary/aromatic N) is 2. The second-order valence-electron chi connectivity index (χ2n) is 9.46. The van der Waals surface area contributed by atoms with Gasteiger partial charge in [0.25, 0.3) is 0 Å². The Balaban J connectivity index is 1.96. The Labute approximate surface area is 228 Å². The molecular formula is C30H46N4O4. The molecule has 0 aliphatic carbocycles. The lowest BCUT2D eigenvalue weighted by atomic mass is 10.2. The zero-order valence-electron chi connectivity index (χ0n) is 22.8. The van der Waals surface area contributed by atoms with Crippen molar-refractivity contribution in [2.24, 2.45) is 11.5 Å². The van der Waals surface area contributed by atoms with Crippen LogP contribution in [0.5, 0.6) is 0 Å². The molecule has 8 heteroatoms. The highest BCUT2D eigenvalue weighted by molar-refractivity contribution is 5.69. The van der Waals surface area contributed by atoms with Gasteiger partial charge in [-0.1, -0.05) is 86.3 Å². The minimum atomic E-state index is -0.367. The number of amides is 2. The van der Waals surface area contributed by atoms with Crippen LogP contribution in [0.3, 0.4) is 0 Å². The van der Waals surface area contributed by atoms with Gasteiger partial charge in [-0.15, -0.1) is 0 Å². The Bertz CT molecular complexity index is 809. The molecule has 0 aromatic heterocycles. The monoisotopic (exact) mass is 526 g/mol. The first-order chi connectivity index (χ1) is 18.6. The van der Waals surface area contributed by atoms with Crippen LogP contribution in [0.2, 0.25) is 0 Å². The topological polar surface area (TPSA) is 111 Å². The fourth-order valence-electron chi connectivity index (χ4n) is 4.05. The van der Waals surface area contributed by atoms with Gasteiger partial charge in [-0.25, -0.2) is 9.59 Å². The molecule has 0 saturated carbocycles. The van der Waals surface area contributed by atoms with Gasteiger partial charge in [0.1, 0.15) is 13.2 Å². The summed E-state index contributed by atoms with van der Waals surface area (Å²) in [4.78, 5) is 29.4. The van der Waals surface area contributed by atoms with Crippen molar-refractivity contribution in [2.75, 3.05) is 39.3 Å². The van der Waals surface area contributed by atoms with Crippen LogP contribution in [-0.2, 0) is 22.7 Å². The second kappa shape index (κ2) is 19.9. The Hall–Kier alpha value is -3.10. The van der Waals surface area contributed by atoms with Crippen molar-refractivity contribution in [3.63, 3.8) is 0 Å². The molecule has 0 unspecified atom stereocenters. The number of unbranched alkanes of at least 4 members (excludes halogenated alkanes) is 6. The summed E-state index contributed by atoms with van der Waals surface area (Å²) in [5, 5.41) is 0. The van der Waals surface area contributed by atoms with E-state index in [1.165, 1.54) is 0 Å². The molecule has 0 spiro atoms. The van der Waals surface area contributed by atoms with Crippen LogP contribution in [0.1, 0.15) is 62.5 Å². The van der Waals surface area contributed by atoms with E-state index < -0.39 is 0 Å². The SMILES string of the molecule is NCCCCCCN(CCN(CCCCCCN)C(=O)OCc1ccccc1)C(=O)OCc1ccccc1. The van der Waals surface area contributed by atoms with Crippen LogP contribution in [0, 0.1) is 0 Å². The molecule has 8 nitrogen and oxygen atoms in total. The average Bonchev–Trinajstić information content (AvgIpc) is 2.95. The zero-order valence-corrected chi connectivity index (χ0v) is 22.8. The van der Waals surface area contributed by atoms with E-state index >= 15 is 0 Å². The number of hydrogen-bond donors (Lipinski definition) is 2. The first-order valence-electron chi connectivity index (χ1n) is 14.0. The number of hydrogen-bond acceptors (Lipinski definition) is 6. The summed E-state index contributed by atoms with van der Waals surface area (Å²) in [6.07, 6.45) is 6.98. The predicted octanol–water partition coefficient (Wildman–Crippen LogP) is 5.30. The number of carbonyl (C=O) groups excluding carboxylic acids is 2. The van der Waals surface area contributed by atoms with E-state index in [1.54, 1.807) is 9.80 Å². The van der Waals surface area contributed by atoms with Crippen molar-refractivity contribution >= 4 is 12.2 Å². The van der Waals surface area contributed by atoms with Crippen molar-refractivity contribution in [3.8, 4) is 0 Å². The normalized spacial score (nSPS) is 10.7. The average molecular weight is 527 g/mol. The number of rotatable bonds is 19. The van der Waals surface area contributed by atoms with Crippen LogP contribution >= 0.6 is 0 Å². The van der Waals surface area contributed by atoms with Crippen LogP contribution in [0.15, 0.2) is 60.7 Å². The lowest BCUT2D eigenvalue weighted by Crippen LogP contribution is -2.42. The highest BCUT2D eigenvalue weighted by Crippen LogP contribution is 2.10. The third-order valence-corrected chi connectivity index (χ3v) is 6.33. The summed E-state index contributed by atoms with van der Waals surface area (Å²) in [6.45, 7) is 3.69. The van der Waals surface area contributed by atoms with E-state index in [4.69, 9.17) is 20.9 Å². The number of carbonyl (C=O) groups is 2. The maximum absolute atomic E-state index is 13.0. The smallest absolute Gasteiger partial charge is 0.410 e. The Morgan fingerprint density at radius 1 is 0.526 bits per heavy atom. The van der Waals surface area contributed by atoms with E-state index in [0.717, 1.165) is 62.5 Å². The van der Waals surface area contributed by atoms with Crippen LogP contribution in [0.4, 0.5) is 9.59 Å². The lowest BCUT2D eigenvalue weighted by molar-refractivity contribution is 0.0775. The van der Waals surface area contributed by atoms with Gasteiger partial charge in [0.2, 0.25) is 0 Å². The number of nitrogens with two attached hydrogens (primary N) is 2. The molecule has 0 saturated heterocycles. The highest BCUT2D eigenvalue weighted by Gasteiger charge is 2.20. The van der Waals surface area contributed by atoms with Gasteiger partial charge in [0, 0.05) is 26.2 Å². The standard InChI is InChI=1S/C30H46N4O4/c31-19-11-1-3-13-21-33(29(35)37-25-27-15-7-5-8-16-27)23-24-34(22-14-4-2-12-20-32)30(36)38-26-28-17-9-6-10-18-28/h5-10,15-18H,1-4,11-14,19-26,31-32H2. The number of benzene rings is 2. The van der Waals surface area contributed by atoms with E-state index in [9.17, 15) is 9.59 Å². The Morgan fingerprint density at radius 3 is 1.26 bits per heavy atom. The molecule has 0 atom stereocenters. The van der Waals surface area contributed by atoms with Gasteiger partial charge in [0.15, 0.2) is 0 Å². The summed E-state index contributed by atoms with van der Waals surface area (Å²) in [6, 6.07) is 19.3. The predicted molar refractivity (Wildman–Crippen MR) is 151 cm³/mol. The van der Waals surface area contributed by atoms with E-state index in [-0.39, 0.29) is 25.4 Å². The summed E-state index contributed by atoms with van der Waals surface area (Å²) < 4.78 is 11.2. The molecule has 0 heterocycles. The zero-order chi connectivity index (χ0) is 27.3. The molecule has 2 amide bonds. The van der Waals surface area contributed by atoms with Crippen LogP contribution < -0.4 is 11.5 Å². The molecule has 0 radical (unpaired) electrons. The summed E-state index contributed by atoms with van der Waals surface area (Å²) >= 11 is 0. The fourth-order valence-corrected chi connectivity index (χ4v) is 4.05. The van der Waals surface area contributed by atoms with Gasteiger partial charge < -0.3 is 30.7 Å². The molecule has 2 aromatic carbocycles. The molecule has 0 fully saturated rings. The molecule has 0 aliphatic rings. The lowest BCUT2D eigenvalue weighted by Gasteiger charge is -2.27. The molecule has 2 rings (SSSR count). The minimum absolute atomic E-state index is 0.216. The van der Waals surface area contributed by atoms with Crippen LogP contribution in [-0.4, -0.2) is 61.3 Å². The molecule has 0 bridgehead atoms. The van der Waals surface area contributed by atoms with Crippen molar-refractivity contribution in [2.45, 2.75) is 64.6 Å². The summed E-state index contributed by atoms with van der Waals surface area (Å²) in [5.74, 6) is 0. The summed E-state index contributed by atoms with van der Waals surface area (Å²) in [5.41, 5.74) is 13.1. The number of ether oxygens (including phenoxy) is 2. The molecular weight excluding hydrogens is 480 g/mol.